The third-order valence-electron chi connectivity index (χ3n) is 2.69. The van der Waals surface area contributed by atoms with Gasteiger partial charge in [-0.3, -0.25) is 4.21 Å². The van der Waals surface area contributed by atoms with E-state index in [1.165, 1.54) is 23.5 Å². The smallest absolute Gasteiger partial charge is 0.323 e. The molecule has 7 heteroatoms. The number of alkyl halides is 3. The molecule has 0 saturated carbocycles. The summed E-state index contributed by atoms with van der Waals surface area (Å²) in [6.07, 6.45) is -4.40. The highest BCUT2D eigenvalue weighted by molar-refractivity contribution is 7.87. The summed E-state index contributed by atoms with van der Waals surface area (Å²) in [6.45, 7) is 0. The Kier molecular flexibility index (Phi) is 4.62. The molecule has 0 aliphatic carbocycles. The van der Waals surface area contributed by atoms with E-state index >= 15 is 0 Å². The average Bonchev–Trinajstić information content (AvgIpc) is 2.91. The van der Waals surface area contributed by atoms with Crippen molar-refractivity contribution in [1.82, 2.24) is 0 Å². The van der Waals surface area contributed by atoms with Crippen LogP contribution in [0.5, 0.6) is 0 Å². The maximum Gasteiger partial charge on any atom is 0.416 e. The highest BCUT2D eigenvalue weighted by atomic mass is 32.2. The second-order valence-corrected chi connectivity index (χ2v) is 6.84. The van der Waals surface area contributed by atoms with Crippen molar-refractivity contribution in [3.63, 3.8) is 0 Å². The van der Waals surface area contributed by atoms with E-state index in [2.05, 4.69) is 0 Å². The molecular formula is C13H12F3NOS2. The minimum Gasteiger partial charge on any atom is -0.323 e. The second kappa shape index (κ2) is 6.07. The van der Waals surface area contributed by atoms with Crippen LogP contribution in [0, 0.1) is 0 Å². The number of nitrogens with two attached hydrogens (primary N) is 1. The van der Waals surface area contributed by atoms with Crippen molar-refractivity contribution in [3.05, 3.63) is 52.9 Å². The Morgan fingerprint density at radius 2 is 2.00 bits per heavy atom. The van der Waals surface area contributed by atoms with Gasteiger partial charge in [-0.05, 0) is 29.1 Å². The molecule has 0 spiro atoms. The van der Waals surface area contributed by atoms with Crippen LogP contribution in [0.25, 0.3) is 0 Å². The first-order valence-corrected chi connectivity index (χ1v) is 7.92. The number of hydrogen-bond acceptors (Lipinski definition) is 3. The van der Waals surface area contributed by atoms with Crippen LogP contribution in [-0.2, 0) is 17.0 Å². The van der Waals surface area contributed by atoms with Gasteiger partial charge in [0.1, 0.15) is 0 Å². The van der Waals surface area contributed by atoms with E-state index in [9.17, 15) is 17.4 Å². The van der Waals surface area contributed by atoms with E-state index in [-0.39, 0.29) is 5.75 Å². The Labute approximate surface area is 120 Å². The van der Waals surface area contributed by atoms with Gasteiger partial charge in [-0.25, -0.2) is 0 Å². The van der Waals surface area contributed by atoms with Gasteiger partial charge in [0.25, 0.3) is 0 Å². The second-order valence-electron chi connectivity index (χ2n) is 4.17. The molecule has 2 atom stereocenters. The van der Waals surface area contributed by atoms with E-state index in [0.29, 0.717) is 9.77 Å². The summed E-state index contributed by atoms with van der Waals surface area (Å²) < 4.78 is 50.5. The van der Waals surface area contributed by atoms with Crippen molar-refractivity contribution >= 4 is 22.1 Å². The van der Waals surface area contributed by atoms with Gasteiger partial charge in [0.15, 0.2) is 0 Å². The third-order valence-corrected chi connectivity index (χ3v) is 5.45. The van der Waals surface area contributed by atoms with Crippen LogP contribution in [-0.4, -0.2) is 9.96 Å². The maximum absolute atomic E-state index is 12.6. The average molecular weight is 319 g/mol. The third kappa shape index (κ3) is 3.68. The van der Waals surface area contributed by atoms with E-state index in [1.54, 1.807) is 17.5 Å². The Bertz CT molecular complexity index is 596. The number of thiophene rings is 1. The number of hydrogen-bond donors (Lipinski definition) is 1. The lowest BCUT2D eigenvalue weighted by molar-refractivity contribution is -0.137. The van der Waals surface area contributed by atoms with Gasteiger partial charge < -0.3 is 5.73 Å². The normalized spacial score (nSPS) is 15.0. The highest BCUT2D eigenvalue weighted by Crippen LogP contribution is 2.30. The topological polar surface area (TPSA) is 43.1 Å². The molecule has 2 N–H and O–H groups in total. The molecule has 2 aromatic rings. The van der Waals surface area contributed by atoms with E-state index in [0.717, 1.165) is 12.1 Å². The molecule has 0 aliphatic heterocycles. The van der Waals surface area contributed by atoms with Crippen LogP contribution in [0.3, 0.4) is 0 Å². The lowest BCUT2D eigenvalue weighted by Crippen LogP contribution is -2.19. The molecule has 0 saturated heterocycles. The fraction of sp³-hybridized carbons (Fsp3) is 0.231. The predicted octanol–water partition coefficient (Wildman–Crippen LogP) is 3.57. The van der Waals surface area contributed by atoms with Crippen molar-refractivity contribution in [2.45, 2.75) is 16.4 Å². The monoisotopic (exact) mass is 319 g/mol. The summed E-state index contributed by atoms with van der Waals surface area (Å²) in [5, 5.41) is 1.79. The molecule has 0 fully saturated rings. The van der Waals surface area contributed by atoms with Gasteiger partial charge in [0, 0.05) is 11.8 Å². The summed E-state index contributed by atoms with van der Waals surface area (Å²) >= 11 is 1.34. The minimum absolute atomic E-state index is 0.0990. The Morgan fingerprint density at radius 1 is 1.25 bits per heavy atom. The van der Waals surface area contributed by atoms with Gasteiger partial charge >= 0.3 is 6.18 Å². The Balaban J connectivity index is 2.13. The molecule has 0 aliphatic rings. The molecule has 1 aromatic heterocycles. The zero-order valence-electron chi connectivity index (χ0n) is 10.3. The van der Waals surface area contributed by atoms with Crippen LogP contribution in [0.2, 0.25) is 0 Å². The molecule has 1 heterocycles. The fourth-order valence-corrected chi connectivity index (χ4v) is 3.84. The van der Waals surface area contributed by atoms with Crippen molar-refractivity contribution in [2.24, 2.45) is 5.73 Å². The predicted molar refractivity (Wildman–Crippen MR) is 74.0 cm³/mol. The van der Waals surface area contributed by atoms with Crippen LogP contribution in [0.15, 0.2) is 46.0 Å². The van der Waals surface area contributed by atoms with Crippen LogP contribution in [0.1, 0.15) is 17.2 Å². The minimum atomic E-state index is -4.40. The zero-order valence-corrected chi connectivity index (χ0v) is 11.9. The molecular weight excluding hydrogens is 307 g/mol. The van der Waals surface area contributed by atoms with Crippen molar-refractivity contribution < 1.29 is 17.4 Å². The van der Waals surface area contributed by atoms with Gasteiger partial charge in [-0.15, -0.1) is 11.3 Å². The fourth-order valence-electron chi connectivity index (χ4n) is 1.68. The van der Waals surface area contributed by atoms with E-state index in [1.807, 2.05) is 0 Å². The summed E-state index contributed by atoms with van der Waals surface area (Å²) in [5.41, 5.74) is 5.45. The molecule has 0 radical (unpaired) electrons. The van der Waals surface area contributed by atoms with Crippen molar-refractivity contribution in [3.8, 4) is 0 Å². The first-order chi connectivity index (χ1) is 9.38. The Morgan fingerprint density at radius 3 is 2.60 bits per heavy atom. The highest BCUT2D eigenvalue weighted by Gasteiger charge is 2.30. The zero-order chi connectivity index (χ0) is 14.8. The number of benzene rings is 1. The SMILES string of the molecule is NC(CS(=O)c1cccs1)c1cccc(C(F)(F)F)c1. The van der Waals surface area contributed by atoms with Crippen LogP contribution >= 0.6 is 11.3 Å². The number of rotatable bonds is 4. The quantitative estimate of drug-likeness (QED) is 0.936. The molecule has 108 valence electrons. The molecule has 0 amide bonds. The molecule has 1 aromatic carbocycles. The van der Waals surface area contributed by atoms with Crippen molar-refractivity contribution in [2.75, 3.05) is 5.75 Å². The maximum atomic E-state index is 12.6. The van der Waals surface area contributed by atoms with Gasteiger partial charge in [0.05, 0.1) is 20.6 Å². The van der Waals surface area contributed by atoms with Gasteiger partial charge in [0.2, 0.25) is 0 Å². The molecule has 2 unspecified atom stereocenters. The first-order valence-electron chi connectivity index (χ1n) is 5.72. The van der Waals surface area contributed by atoms with Gasteiger partial charge in [-0.1, -0.05) is 18.2 Å². The van der Waals surface area contributed by atoms with Crippen LogP contribution in [0.4, 0.5) is 13.2 Å². The Hall–Kier alpha value is -1.18. The molecule has 2 rings (SSSR count). The summed E-state index contributed by atoms with van der Waals surface area (Å²) in [6, 6.07) is 7.63. The van der Waals surface area contributed by atoms with Gasteiger partial charge in [-0.2, -0.15) is 13.2 Å². The summed E-state index contributed by atoms with van der Waals surface area (Å²) in [7, 11) is -1.30. The number of halogens is 3. The summed E-state index contributed by atoms with van der Waals surface area (Å²) in [5.74, 6) is 0.0990. The first kappa shape index (κ1) is 15.2. The molecule has 0 bridgehead atoms. The lowest BCUT2D eigenvalue weighted by atomic mass is 10.1. The summed E-state index contributed by atoms with van der Waals surface area (Å²) in [4.78, 5) is 0. The van der Waals surface area contributed by atoms with Crippen LogP contribution < -0.4 is 5.73 Å². The van der Waals surface area contributed by atoms with E-state index < -0.39 is 28.6 Å². The largest absolute Gasteiger partial charge is 0.416 e. The lowest BCUT2D eigenvalue weighted by Gasteiger charge is -2.14. The van der Waals surface area contributed by atoms with E-state index in [4.69, 9.17) is 5.73 Å². The van der Waals surface area contributed by atoms with Crippen molar-refractivity contribution in [1.29, 1.82) is 0 Å². The standard InChI is InChI=1S/C13H12F3NOS2/c14-13(15,16)10-4-1-3-9(7-10)11(17)8-20(18)12-5-2-6-19-12/h1-7,11H,8,17H2. The molecule has 2 nitrogen and oxygen atoms in total. The molecule has 20 heavy (non-hydrogen) atoms.